The summed E-state index contributed by atoms with van der Waals surface area (Å²) in [6.45, 7) is -0.260. The van der Waals surface area contributed by atoms with E-state index >= 15 is 0 Å². The SMILES string of the molecule is OCc1cn(CO)c(-c2ccccc2)n1. The lowest BCUT2D eigenvalue weighted by atomic mass is 10.2. The Balaban J connectivity index is 2.47. The summed E-state index contributed by atoms with van der Waals surface area (Å²) in [5.41, 5.74) is 1.48. The first-order valence-corrected chi connectivity index (χ1v) is 4.68. The number of aromatic nitrogens is 2. The van der Waals surface area contributed by atoms with E-state index in [1.54, 1.807) is 10.8 Å². The van der Waals surface area contributed by atoms with Gasteiger partial charge in [-0.05, 0) is 0 Å². The van der Waals surface area contributed by atoms with E-state index in [1.807, 2.05) is 30.3 Å². The number of benzene rings is 1. The molecular weight excluding hydrogens is 192 g/mol. The van der Waals surface area contributed by atoms with Gasteiger partial charge in [-0.25, -0.2) is 4.98 Å². The van der Waals surface area contributed by atoms with Gasteiger partial charge in [0.1, 0.15) is 12.6 Å². The average molecular weight is 204 g/mol. The topological polar surface area (TPSA) is 58.3 Å². The summed E-state index contributed by atoms with van der Waals surface area (Å²) in [4.78, 5) is 4.22. The molecule has 0 saturated heterocycles. The van der Waals surface area contributed by atoms with E-state index in [0.29, 0.717) is 11.5 Å². The zero-order valence-corrected chi connectivity index (χ0v) is 8.17. The Kier molecular flexibility index (Phi) is 2.80. The Labute approximate surface area is 87.4 Å². The molecule has 0 aliphatic rings. The van der Waals surface area contributed by atoms with Crippen LogP contribution in [0, 0.1) is 0 Å². The summed E-state index contributed by atoms with van der Waals surface area (Å²) in [5, 5.41) is 18.1. The number of imidazole rings is 1. The Morgan fingerprint density at radius 2 is 1.87 bits per heavy atom. The molecular formula is C11H12N2O2. The lowest BCUT2D eigenvalue weighted by molar-refractivity contribution is 0.211. The molecule has 0 saturated carbocycles. The fraction of sp³-hybridized carbons (Fsp3) is 0.182. The molecule has 0 bridgehead atoms. The number of aliphatic hydroxyl groups excluding tert-OH is 2. The maximum Gasteiger partial charge on any atom is 0.142 e. The van der Waals surface area contributed by atoms with Crippen molar-refractivity contribution in [2.75, 3.05) is 0 Å². The monoisotopic (exact) mass is 204 g/mol. The second kappa shape index (κ2) is 4.25. The number of hydrogen-bond acceptors (Lipinski definition) is 3. The zero-order chi connectivity index (χ0) is 10.7. The first-order chi connectivity index (χ1) is 7.35. The Hall–Kier alpha value is -1.65. The van der Waals surface area contributed by atoms with Gasteiger partial charge in [-0.2, -0.15) is 0 Å². The molecule has 0 aliphatic heterocycles. The van der Waals surface area contributed by atoms with Crippen LogP contribution in [0.1, 0.15) is 5.69 Å². The largest absolute Gasteiger partial charge is 0.390 e. The highest BCUT2D eigenvalue weighted by molar-refractivity contribution is 5.55. The van der Waals surface area contributed by atoms with Gasteiger partial charge in [-0.15, -0.1) is 0 Å². The van der Waals surface area contributed by atoms with Gasteiger partial charge in [0.15, 0.2) is 0 Å². The van der Waals surface area contributed by atoms with Crippen molar-refractivity contribution in [3.05, 3.63) is 42.2 Å². The van der Waals surface area contributed by atoms with Gasteiger partial charge < -0.3 is 14.8 Å². The van der Waals surface area contributed by atoms with E-state index in [2.05, 4.69) is 4.98 Å². The van der Waals surface area contributed by atoms with E-state index in [0.717, 1.165) is 5.56 Å². The minimum atomic E-state index is -0.142. The first kappa shape index (κ1) is 9.89. The van der Waals surface area contributed by atoms with E-state index in [-0.39, 0.29) is 13.3 Å². The van der Waals surface area contributed by atoms with Crippen molar-refractivity contribution in [3.8, 4) is 11.4 Å². The molecule has 0 atom stereocenters. The summed E-state index contributed by atoms with van der Waals surface area (Å²) in [6.07, 6.45) is 1.64. The first-order valence-electron chi connectivity index (χ1n) is 4.68. The Bertz CT molecular complexity index is 437. The van der Waals surface area contributed by atoms with Crippen LogP contribution in [0.25, 0.3) is 11.4 Å². The van der Waals surface area contributed by atoms with Gasteiger partial charge in [-0.1, -0.05) is 30.3 Å². The molecule has 78 valence electrons. The van der Waals surface area contributed by atoms with Crippen LogP contribution < -0.4 is 0 Å². The Morgan fingerprint density at radius 1 is 1.13 bits per heavy atom. The summed E-state index contributed by atoms with van der Waals surface area (Å²) in [7, 11) is 0. The minimum Gasteiger partial charge on any atom is -0.390 e. The number of hydrogen-bond donors (Lipinski definition) is 2. The molecule has 2 N–H and O–H groups in total. The molecule has 0 fully saturated rings. The fourth-order valence-corrected chi connectivity index (χ4v) is 1.47. The van der Waals surface area contributed by atoms with Gasteiger partial charge in [0.2, 0.25) is 0 Å². The second-order valence-electron chi connectivity index (χ2n) is 3.19. The number of rotatable bonds is 3. The molecule has 4 heteroatoms. The van der Waals surface area contributed by atoms with Crippen LogP contribution in [0.2, 0.25) is 0 Å². The van der Waals surface area contributed by atoms with Crippen LogP contribution in [-0.2, 0) is 13.3 Å². The molecule has 1 aromatic heterocycles. The minimum absolute atomic E-state index is 0.118. The van der Waals surface area contributed by atoms with Crippen molar-refractivity contribution in [2.24, 2.45) is 0 Å². The van der Waals surface area contributed by atoms with Crippen molar-refractivity contribution in [2.45, 2.75) is 13.3 Å². The van der Waals surface area contributed by atoms with Crippen LogP contribution in [0.15, 0.2) is 36.5 Å². The zero-order valence-electron chi connectivity index (χ0n) is 8.17. The van der Waals surface area contributed by atoms with E-state index in [9.17, 15) is 0 Å². The highest BCUT2D eigenvalue weighted by atomic mass is 16.3. The third-order valence-corrected chi connectivity index (χ3v) is 2.17. The van der Waals surface area contributed by atoms with Crippen molar-refractivity contribution in [1.29, 1.82) is 0 Å². The molecule has 15 heavy (non-hydrogen) atoms. The normalized spacial score (nSPS) is 10.5. The lowest BCUT2D eigenvalue weighted by Crippen LogP contribution is -1.97. The van der Waals surface area contributed by atoms with Crippen LogP contribution in [0.5, 0.6) is 0 Å². The summed E-state index contributed by atoms with van der Waals surface area (Å²) < 4.78 is 1.60. The fourth-order valence-electron chi connectivity index (χ4n) is 1.47. The van der Waals surface area contributed by atoms with Crippen molar-refractivity contribution >= 4 is 0 Å². The molecule has 0 aliphatic carbocycles. The van der Waals surface area contributed by atoms with E-state index in [4.69, 9.17) is 10.2 Å². The summed E-state index contributed by atoms with van der Waals surface area (Å²) >= 11 is 0. The molecule has 0 amide bonds. The third kappa shape index (κ3) is 1.91. The maximum atomic E-state index is 9.13. The predicted molar refractivity (Wildman–Crippen MR) is 55.8 cm³/mol. The molecule has 0 spiro atoms. The van der Waals surface area contributed by atoms with Gasteiger partial charge in [0, 0.05) is 11.8 Å². The van der Waals surface area contributed by atoms with E-state index < -0.39 is 0 Å². The van der Waals surface area contributed by atoms with Gasteiger partial charge in [0.05, 0.1) is 12.3 Å². The quantitative estimate of drug-likeness (QED) is 0.784. The van der Waals surface area contributed by atoms with Crippen molar-refractivity contribution in [1.82, 2.24) is 9.55 Å². The molecule has 1 heterocycles. The molecule has 0 unspecified atom stereocenters. The average Bonchev–Trinajstić information content (AvgIpc) is 2.73. The molecule has 2 rings (SSSR count). The smallest absolute Gasteiger partial charge is 0.142 e. The predicted octanol–water partition coefficient (Wildman–Crippen LogP) is 0.992. The van der Waals surface area contributed by atoms with Crippen LogP contribution in [-0.4, -0.2) is 19.8 Å². The van der Waals surface area contributed by atoms with E-state index in [1.165, 1.54) is 0 Å². The molecule has 4 nitrogen and oxygen atoms in total. The third-order valence-electron chi connectivity index (χ3n) is 2.17. The van der Waals surface area contributed by atoms with Crippen LogP contribution >= 0.6 is 0 Å². The van der Waals surface area contributed by atoms with Gasteiger partial charge in [-0.3, -0.25) is 0 Å². The van der Waals surface area contributed by atoms with Crippen LogP contribution in [0.3, 0.4) is 0 Å². The summed E-state index contributed by atoms with van der Waals surface area (Å²) in [5.74, 6) is 0.669. The summed E-state index contributed by atoms with van der Waals surface area (Å²) in [6, 6.07) is 9.56. The number of aliphatic hydroxyl groups is 2. The van der Waals surface area contributed by atoms with Crippen molar-refractivity contribution < 1.29 is 10.2 Å². The number of nitrogens with zero attached hydrogens (tertiary/aromatic N) is 2. The second-order valence-corrected chi connectivity index (χ2v) is 3.19. The maximum absolute atomic E-state index is 9.13. The van der Waals surface area contributed by atoms with Gasteiger partial charge in [0.25, 0.3) is 0 Å². The highest BCUT2D eigenvalue weighted by Crippen LogP contribution is 2.18. The molecule has 2 aromatic rings. The van der Waals surface area contributed by atoms with Gasteiger partial charge >= 0.3 is 0 Å². The van der Waals surface area contributed by atoms with Crippen molar-refractivity contribution in [3.63, 3.8) is 0 Å². The lowest BCUT2D eigenvalue weighted by Gasteiger charge is -2.02. The molecule has 0 radical (unpaired) electrons. The highest BCUT2D eigenvalue weighted by Gasteiger charge is 2.07. The Morgan fingerprint density at radius 3 is 2.47 bits per heavy atom. The van der Waals surface area contributed by atoms with Crippen LogP contribution in [0.4, 0.5) is 0 Å². The standard InChI is InChI=1S/C11H12N2O2/c14-7-10-6-13(8-15)11(12-10)9-4-2-1-3-5-9/h1-6,14-15H,7-8H2. The molecule has 1 aromatic carbocycles.